The molecule has 0 aliphatic rings. The van der Waals surface area contributed by atoms with Gasteiger partial charge in [0.25, 0.3) is 0 Å². The van der Waals surface area contributed by atoms with Gasteiger partial charge in [-0.1, -0.05) is 0 Å². The Labute approximate surface area is 68.0 Å². The van der Waals surface area contributed by atoms with Crippen LogP contribution in [0.15, 0.2) is 12.1 Å². The van der Waals surface area contributed by atoms with Crippen molar-refractivity contribution in [2.75, 3.05) is 0 Å². The van der Waals surface area contributed by atoms with Crippen molar-refractivity contribution in [3.63, 3.8) is 0 Å². The van der Waals surface area contributed by atoms with Crippen molar-refractivity contribution in [3.8, 4) is 0 Å². The Kier molecular flexibility index (Phi) is 2.54. The van der Waals surface area contributed by atoms with Gasteiger partial charge in [-0.25, -0.2) is 9.37 Å². The molecule has 0 fully saturated rings. The summed E-state index contributed by atoms with van der Waals surface area (Å²) < 4.78 is 12.5. The standard InChI is InChI=1S/C7H5ClFNO/c8-3-6-1-5(9)2-7(4-11)10-6/h1-2,4H,3H2. The smallest absolute Gasteiger partial charge is 0.168 e. The molecule has 58 valence electrons. The van der Waals surface area contributed by atoms with Gasteiger partial charge in [0.1, 0.15) is 11.5 Å². The van der Waals surface area contributed by atoms with Crippen LogP contribution in [0.3, 0.4) is 0 Å². The Morgan fingerprint density at radius 2 is 2.36 bits per heavy atom. The van der Waals surface area contributed by atoms with Gasteiger partial charge in [0.2, 0.25) is 0 Å². The predicted octanol–water partition coefficient (Wildman–Crippen LogP) is 1.77. The first-order valence-corrected chi connectivity index (χ1v) is 3.47. The number of aromatic nitrogens is 1. The van der Waals surface area contributed by atoms with E-state index in [1.165, 1.54) is 6.07 Å². The summed E-state index contributed by atoms with van der Waals surface area (Å²) in [5, 5.41) is 0. The average molecular weight is 174 g/mol. The van der Waals surface area contributed by atoms with Crippen LogP contribution < -0.4 is 0 Å². The van der Waals surface area contributed by atoms with Crippen LogP contribution in [0.5, 0.6) is 0 Å². The number of aldehydes is 1. The van der Waals surface area contributed by atoms with Crippen LogP contribution in [0.2, 0.25) is 0 Å². The van der Waals surface area contributed by atoms with Crippen LogP contribution >= 0.6 is 11.6 Å². The molecule has 1 aromatic heterocycles. The lowest BCUT2D eigenvalue weighted by Gasteiger charge is -1.95. The van der Waals surface area contributed by atoms with Gasteiger partial charge in [0.05, 0.1) is 11.6 Å². The summed E-state index contributed by atoms with van der Waals surface area (Å²) in [6, 6.07) is 2.25. The zero-order valence-corrected chi connectivity index (χ0v) is 6.31. The summed E-state index contributed by atoms with van der Waals surface area (Å²) in [4.78, 5) is 13.9. The molecule has 4 heteroatoms. The van der Waals surface area contributed by atoms with E-state index < -0.39 is 5.82 Å². The van der Waals surface area contributed by atoms with Crippen molar-refractivity contribution >= 4 is 17.9 Å². The van der Waals surface area contributed by atoms with Gasteiger partial charge in [0.15, 0.2) is 6.29 Å². The zero-order chi connectivity index (χ0) is 8.27. The predicted molar refractivity (Wildman–Crippen MR) is 39.1 cm³/mol. The SMILES string of the molecule is O=Cc1cc(F)cc(CCl)n1. The number of hydrogen-bond donors (Lipinski definition) is 0. The summed E-state index contributed by atoms with van der Waals surface area (Å²) in [5.74, 6) is -0.378. The Bertz CT molecular complexity index is 277. The number of pyridine rings is 1. The molecule has 0 saturated heterocycles. The molecule has 0 bridgehead atoms. The van der Waals surface area contributed by atoms with E-state index in [0.717, 1.165) is 6.07 Å². The lowest BCUT2D eigenvalue weighted by atomic mass is 10.3. The number of halogens is 2. The molecular weight excluding hydrogens is 169 g/mol. The van der Waals surface area contributed by atoms with Crippen LogP contribution in [0, 0.1) is 5.82 Å². The minimum Gasteiger partial charge on any atom is -0.296 e. The second-order valence-corrected chi connectivity index (χ2v) is 2.22. The highest BCUT2D eigenvalue weighted by Crippen LogP contribution is 2.05. The van der Waals surface area contributed by atoms with Gasteiger partial charge in [0, 0.05) is 6.07 Å². The fourth-order valence-corrected chi connectivity index (χ4v) is 0.838. The van der Waals surface area contributed by atoms with Crippen LogP contribution in [0.25, 0.3) is 0 Å². The molecule has 1 aromatic rings. The minimum atomic E-state index is -0.488. The number of nitrogens with zero attached hydrogens (tertiary/aromatic N) is 1. The first-order chi connectivity index (χ1) is 5.26. The van der Waals surface area contributed by atoms with Gasteiger partial charge in [-0.2, -0.15) is 0 Å². The molecule has 0 radical (unpaired) electrons. The zero-order valence-electron chi connectivity index (χ0n) is 5.55. The third kappa shape index (κ3) is 1.98. The largest absolute Gasteiger partial charge is 0.296 e. The second kappa shape index (κ2) is 3.44. The van der Waals surface area contributed by atoms with Crippen molar-refractivity contribution in [1.29, 1.82) is 0 Å². The molecule has 2 nitrogen and oxygen atoms in total. The highest BCUT2D eigenvalue weighted by Gasteiger charge is 1.99. The maximum Gasteiger partial charge on any atom is 0.168 e. The summed E-state index contributed by atoms with van der Waals surface area (Å²) >= 11 is 5.38. The quantitative estimate of drug-likeness (QED) is 0.504. The highest BCUT2D eigenvalue weighted by molar-refractivity contribution is 6.16. The number of carbonyl (C=O) groups excluding carboxylic acids is 1. The molecule has 11 heavy (non-hydrogen) atoms. The van der Waals surface area contributed by atoms with Gasteiger partial charge >= 0.3 is 0 Å². The maximum atomic E-state index is 12.5. The van der Waals surface area contributed by atoms with E-state index in [0.29, 0.717) is 12.0 Å². The maximum absolute atomic E-state index is 12.5. The molecule has 0 aromatic carbocycles. The molecule has 0 aliphatic heterocycles. The number of alkyl halides is 1. The van der Waals surface area contributed by atoms with E-state index in [1.54, 1.807) is 0 Å². The molecule has 0 atom stereocenters. The monoisotopic (exact) mass is 173 g/mol. The molecule has 1 heterocycles. The molecule has 0 saturated carbocycles. The van der Waals surface area contributed by atoms with Crippen molar-refractivity contribution < 1.29 is 9.18 Å². The second-order valence-electron chi connectivity index (χ2n) is 1.95. The molecule has 0 N–H and O–H groups in total. The summed E-state index contributed by atoms with van der Waals surface area (Å²) in [6.45, 7) is 0. The highest BCUT2D eigenvalue weighted by atomic mass is 35.5. The molecule has 0 spiro atoms. The molecule has 0 unspecified atom stereocenters. The Hall–Kier alpha value is -0.960. The molecular formula is C7H5ClFNO. The summed E-state index contributed by atoms with van der Waals surface area (Å²) in [7, 11) is 0. The number of hydrogen-bond acceptors (Lipinski definition) is 2. The van der Waals surface area contributed by atoms with E-state index >= 15 is 0 Å². The first-order valence-electron chi connectivity index (χ1n) is 2.94. The summed E-state index contributed by atoms with van der Waals surface area (Å²) in [5.41, 5.74) is 0.439. The van der Waals surface area contributed by atoms with Crippen molar-refractivity contribution in [1.82, 2.24) is 4.98 Å². The fraction of sp³-hybridized carbons (Fsp3) is 0.143. The van der Waals surface area contributed by atoms with Gasteiger partial charge in [-0.15, -0.1) is 11.6 Å². The van der Waals surface area contributed by atoms with Crippen LogP contribution in [0.1, 0.15) is 16.2 Å². The Morgan fingerprint density at radius 1 is 1.64 bits per heavy atom. The lowest BCUT2D eigenvalue weighted by molar-refractivity contribution is 0.111. The molecule has 1 rings (SSSR count). The number of carbonyl (C=O) groups is 1. The fourth-order valence-electron chi connectivity index (χ4n) is 0.701. The van der Waals surface area contributed by atoms with E-state index in [-0.39, 0.29) is 11.6 Å². The third-order valence-electron chi connectivity index (χ3n) is 1.12. The lowest BCUT2D eigenvalue weighted by Crippen LogP contribution is -1.93. The van der Waals surface area contributed by atoms with E-state index in [2.05, 4.69) is 4.98 Å². The molecule has 0 amide bonds. The van der Waals surface area contributed by atoms with Crippen LogP contribution in [-0.4, -0.2) is 11.3 Å². The van der Waals surface area contributed by atoms with Crippen molar-refractivity contribution in [2.45, 2.75) is 5.88 Å². The Balaban J connectivity index is 3.11. The normalized spacial score (nSPS) is 9.64. The van der Waals surface area contributed by atoms with Crippen molar-refractivity contribution in [2.24, 2.45) is 0 Å². The van der Waals surface area contributed by atoms with Crippen molar-refractivity contribution in [3.05, 3.63) is 29.3 Å². The van der Waals surface area contributed by atoms with Crippen LogP contribution in [0.4, 0.5) is 4.39 Å². The number of rotatable bonds is 2. The Morgan fingerprint density at radius 3 is 2.91 bits per heavy atom. The first kappa shape index (κ1) is 8.14. The molecule has 0 aliphatic carbocycles. The van der Waals surface area contributed by atoms with E-state index in [4.69, 9.17) is 11.6 Å². The topological polar surface area (TPSA) is 30.0 Å². The minimum absolute atomic E-state index is 0.0700. The van der Waals surface area contributed by atoms with Gasteiger partial charge in [-0.3, -0.25) is 4.79 Å². The van der Waals surface area contributed by atoms with Crippen LogP contribution in [-0.2, 0) is 5.88 Å². The van der Waals surface area contributed by atoms with Gasteiger partial charge < -0.3 is 0 Å². The summed E-state index contributed by atoms with van der Waals surface area (Å²) in [6.07, 6.45) is 0.485. The van der Waals surface area contributed by atoms with E-state index in [9.17, 15) is 9.18 Å². The third-order valence-corrected chi connectivity index (χ3v) is 1.39. The average Bonchev–Trinajstić information content (AvgIpc) is 2.03. The van der Waals surface area contributed by atoms with E-state index in [1.807, 2.05) is 0 Å². The van der Waals surface area contributed by atoms with Gasteiger partial charge in [-0.05, 0) is 6.07 Å².